The Hall–Kier alpha value is -2.70. The van der Waals surface area contributed by atoms with Crippen LogP contribution >= 0.6 is 0 Å². The average molecular weight is 368 g/mol. The van der Waals surface area contributed by atoms with Gasteiger partial charge in [-0.25, -0.2) is 0 Å². The molecule has 0 fully saturated rings. The first-order valence-corrected chi connectivity index (χ1v) is 7.89. The maximum absolute atomic E-state index is 12.9. The van der Waals surface area contributed by atoms with Gasteiger partial charge < -0.3 is 14.6 Å². The second-order valence-electron chi connectivity index (χ2n) is 5.81. The normalized spacial score (nSPS) is 11.3. The summed E-state index contributed by atoms with van der Waals surface area (Å²) in [5, 5.41) is 8.72. The number of hydrogen-bond acceptors (Lipinski definition) is 3. The van der Waals surface area contributed by atoms with E-state index in [2.05, 4.69) is 0 Å². The first-order chi connectivity index (χ1) is 12.2. The van der Waals surface area contributed by atoms with Gasteiger partial charge in [-0.2, -0.15) is 13.2 Å². The number of methoxy groups -OCH3 is 1. The van der Waals surface area contributed by atoms with Gasteiger partial charge in [0.25, 0.3) is 0 Å². The summed E-state index contributed by atoms with van der Waals surface area (Å²) in [5.41, 5.74) is 1.15. The summed E-state index contributed by atoms with van der Waals surface area (Å²) in [6.07, 6.45) is -4.01. The predicted octanol–water partition coefficient (Wildman–Crippen LogP) is 4.62. The van der Waals surface area contributed by atoms with Crippen molar-refractivity contribution in [2.24, 2.45) is 0 Å². The molecule has 140 valence electrons. The fourth-order valence-corrected chi connectivity index (χ4v) is 2.50. The summed E-state index contributed by atoms with van der Waals surface area (Å²) < 4.78 is 49.4. The van der Waals surface area contributed by atoms with Crippen molar-refractivity contribution in [1.82, 2.24) is 0 Å². The molecular weight excluding hydrogens is 349 g/mol. The van der Waals surface area contributed by atoms with Crippen molar-refractivity contribution in [1.29, 1.82) is 0 Å². The zero-order valence-corrected chi connectivity index (χ0v) is 14.4. The Morgan fingerprint density at radius 3 is 2.38 bits per heavy atom. The van der Waals surface area contributed by atoms with Crippen LogP contribution in [0.2, 0.25) is 0 Å². The van der Waals surface area contributed by atoms with Crippen molar-refractivity contribution >= 4 is 5.97 Å². The van der Waals surface area contributed by atoms with Crippen LogP contribution in [0.1, 0.15) is 28.7 Å². The number of hydrogen-bond donors (Lipinski definition) is 1. The third-order valence-corrected chi connectivity index (χ3v) is 3.86. The number of alkyl halides is 3. The van der Waals surface area contributed by atoms with Crippen LogP contribution in [0, 0.1) is 6.92 Å². The molecule has 0 aliphatic carbocycles. The molecule has 0 aliphatic rings. The van der Waals surface area contributed by atoms with E-state index in [9.17, 15) is 18.0 Å². The van der Waals surface area contributed by atoms with E-state index >= 15 is 0 Å². The van der Waals surface area contributed by atoms with E-state index in [1.165, 1.54) is 13.2 Å². The average Bonchev–Trinajstić information content (AvgIpc) is 2.58. The van der Waals surface area contributed by atoms with E-state index in [4.69, 9.17) is 14.6 Å². The van der Waals surface area contributed by atoms with Crippen molar-refractivity contribution in [3.8, 4) is 11.5 Å². The van der Waals surface area contributed by atoms with Crippen LogP contribution in [0.3, 0.4) is 0 Å². The molecule has 0 saturated heterocycles. The molecule has 0 aliphatic heterocycles. The van der Waals surface area contributed by atoms with Crippen molar-refractivity contribution in [2.45, 2.75) is 32.5 Å². The molecule has 0 atom stereocenters. The third-order valence-electron chi connectivity index (χ3n) is 3.86. The van der Waals surface area contributed by atoms with Gasteiger partial charge in [-0.1, -0.05) is 12.1 Å². The van der Waals surface area contributed by atoms with Crippen molar-refractivity contribution < 1.29 is 32.5 Å². The highest BCUT2D eigenvalue weighted by Crippen LogP contribution is 2.33. The highest BCUT2D eigenvalue weighted by Gasteiger charge is 2.31. The lowest BCUT2D eigenvalue weighted by Gasteiger charge is -2.15. The summed E-state index contributed by atoms with van der Waals surface area (Å²) in [7, 11) is 1.38. The Kier molecular flexibility index (Phi) is 6.13. The molecule has 0 saturated carbocycles. The van der Waals surface area contributed by atoms with Crippen LogP contribution in [0.25, 0.3) is 0 Å². The molecule has 0 aromatic heterocycles. The lowest BCUT2D eigenvalue weighted by molar-refractivity contribution is -0.138. The van der Waals surface area contributed by atoms with Gasteiger partial charge in [-0.05, 0) is 48.7 Å². The summed E-state index contributed by atoms with van der Waals surface area (Å²) >= 11 is 0. The highest BCUT2D eigenvalue weighted by molar-refractivity contribution is 5.67. The SMILES string of the molecule is COc1ccc(C(F)(F)F)cc1COc1ccc(CCC(=O)O)cc1C. The Balaban J connectivity index is 2.14. The van der Waals surface area contributed by atoms with Gasteiger partial charge in [-0.3, -0.25) is 4.79 Å². The number of halogens is 3. The minimum absolute atomic E-state index is 0.0288. The van der Waals surface area contributed by atoms with Gasteiger partial charge in [0.2, 0.25) is 0 Å². The van der Waals surface area contributed by atoms with Crippen LogP contribution in [-0.2, 0) is 24.0 Å². The molecule has 2 rings (SSSR count). The Labute approximate surface area is 149 Å². The number of aliphatic carboxylic acids is 1. The summed E-state index contributed by atoms with van der Waals surface area (Å²) in [6, 6.07) is 8.48. The van der Waals surface area contributed by atoms with Crippen LogP contribution in [0.15, 0.2) is 36.4 Å². The van der Waals surface area contributed by atoms with Crippen LogP contribution in [-0.4, -0.2) is 18.2 Å². The highest BCUT2D eigenvalue weighted by atomic mass is 19.4. The summed E-state index contributed by atoms with van der Waals surface area (Å²) in [4.78, 5) is 10.6. The fraction of sp³-hybridized carbons (Fsp3) is 0.316. The smallest absolute Gasteiger partial charge is 0.416 e. The van der Waals surface area contributed by atoms with E-state index in [0.717, 1.165) is 23.3 Å². The maximum Gasteiger partial charge on any atom is 0.416 e. The van der Waals surface area contributed by atoms with Gasteiger partial charge in [-0.15, -0.1) is 0 Å². The molecule has 0 bridgehead atoms. The molecule has 1 N–H and O–H groups in total. The zero-order valence-electron chi connectivity index (χ0n) is 14.4. The number of carboxylic acid groups (broad SMARTS) is 1. The van der Waals surface area contributed by atoms with Crippen LogP contribution in [0.4, 0.5) is 13.2 Å². The number of benzene rings is 2. The third kappa shape index (κ3) is 5.15. The molecule has 0 radical (unpaired) electrons. The number of carboxylic acids is 1. The van der Waals surface area contributed by atoms with Crippen molar-refractivity contribution in [3.05, 3.63) is 58.7 Å². The minimum atomic E-state index is -4.44. The Morgan fingerprint density at radius 1 is 1.12 bits per heavy atom. The second-order valence-corrected chi connectivity index (χ2v) is 5.81. The number of carbonyl (C=O) groups is 1. The lowest BCUT2D eigenvalue weighted by Crippen LogP contribution is -2.07. The molecule has 26 heavy (non-hydrogen) atoms. The molecule has 4 nitrogen and oxygen atoms in total. The Bertz CT molecular complexity index is 785. The quantitative estimate of drug-likeness (QED) is 0.775. The van der Waals surface area contributed by atoms with E-state index in [1.807, 2.05) is 6.07 Å². The first kappa shape index (κ1) is 19.6. The van der Waals surface area contributed by atoms with Crippen molar-refractivity contribution in [2.75, 3.05) is 7.11 Å². The summed E-state index contributed by atoms with van der Waals surface area (Å²) in [5.74, 6) is -0.0445. The molecule has 2 aromatic rings. The fourth-order valence-electron chi connectivity index (χ4n) is 2.50. The first-order valence-electron chi connectivity index (χ1n) is 7.89. The van der Waals surface area contributed by atoms with Gasteiger partial charge >= 0.3 is 12.1 Å². The largest absolute Gasteiger partial charge is 0.496 e. The molecule has 0 unspecified atom stereocenters. The second kappa shape index (κ2) is 8.12. The number of aryl methyl sites for hydroxylation is 2. The van der Waals surface area contributed by atoms with Crippen molar-refractivity contribution in [3.63, 3.8) is 0 Å². The van der Waals surface area contributed by atoms with E-state index < -0.39 is 17.7 Å². The number of rotatable bonds is 7. The molecule has 7 heteroatoms. The van der Waals surface area contributed by atoms with E-state index in [-0.39, 0.29) is 18.6 Å². The zero-order chi connectivity index (χ0) is 19.3. The molecule has 0 heterocycles. The number of ether oxygens (including phenoxy) is 2. The Morgan fingerprint density at radius 2 is 1.81 bits per heavy atom. The van der Waals surface area contributed by atoms with Crippen LogP contribution in [0.5, 0.6) is 11.5 Å². The van der Waals surface area contributed by atoms with E-state index in [0.29, 0.717) is 17.9 Å². The van der Waals surface area contributed by atoms with E-state index in [1.54, 1.807) is 19.1 Å². The maximum atomic E-state index is 12.9. The topological polar surface area (TPSA) is 55.8 Å². The molecule has 0 amide bonds. The monoisotopic (exact) mass is 368 g/mol. The predicted molar refractivity (Wildman–Crippen MR) is 89.5 cm³/mol. The van der Waals surface area contributed by atoms with Crippen LogP contribution < -0.4 is 9.47 Å². The van der Waals surface area contributed by atoms with Gasteiger partial charge in [0.05, 0.1) is 12.7 Å². The van der Waals surface area contributed by atoms with Gasteiger partial charge in [0.1, 0.15) is 18.1 Å². The molecule has 0 spiro atoms. The lowest BCUT2D eigenvalue weighted by atomic mass is 10.1. The molecule has 2 aromatic carbocycles. The molecular formula is C19H19F3O4. The minimum Gasteiger partial charge on any atom is -0.496 e. The summed E-state index contributed by atoms with van der Waals surface area (Å²) in [6.45, 7) is 1.71. The standard InChI is InChI=1S/C19H19F3O4/c1-12-9-13(4-8-18(23)24)3-6-16(12)26-11-14-10-15(19(20,21)22)5-7-17(14)25-2/h3,5-7,9-10H,4,8,11H2,1-2H3,(H,23,24). The van der Waals surface area contributed by atoms with Gasteiger partial charge in [0.15, 0.2) is 0 Å². The van der Waals surface area contributed by atoms with Gasteiger partial charge in [0, 0.05) is 12.0 Å².